The minimum atomic E-state index is 0.257. The first-order chi connectivity index (χ1) is 7.36. The fourth-order valence-corrected chi connectivity index (χ4v) is 2.42. The summed E-state index contributed by atoms with van der Waals surface area (Å²) in [5, 5.41) is 9.86. The summed E-state index contributed by atoms with van der Waals surface area (Å²) in [6, 6.07) is 5.74. The number of hydrogen-bond acceptors (Lipinski definition) is 2. The molecule has 3 heteroatoms. The van der Waals surface area contributed by atoms with Gasteiger partial charge in [0.05, 0.1) is 12.0 Å². The van der Waals surface area contributed by atoms with Crippen LogP contribution in [0.15, 0.2) is 30.7 Å². The van der Waals surface area contributed by atoms with Crippen molar-refractivity contribution < 1.29 is 5.11 Å². The van der Waals surface area contributed by atoms with Crippen molar-refractivity contribution in [1.29, 1.82) is 0 Å². The molecular weight excluding hydrogens is 188 g/mol. The zero-order valence-corrected chi connectivity index (χ0v) is 8.27. The third kappa shape index (κ3) is 1.23. The van der Waals surface area contributed by atoms with Gasteiger partial charge in [0, 0.05) is 17.7 Å². The van der Waals surface area contributed by atoms with Crippen molar-refractivity contribution in [2.75, 3.05) is 0 Å². The van der Waals surface area contributed by atoms with Crippen LogP contribution in [-0.4, -0.2) is 15.1 Å². The molecule has 1 aliphatic rings. The van der Waals surface area contributed by atoms with E-state index in [1.165, 1.54) is 5.56 Å². The molecule has 1 aromatic carbocycles. The maximum atomic E-state index is 9.86. The second kappa shape index (κ2) is 3.12. The number of fused-ring (bicyclic) bond motifs is 1. The molecule has 3 nitrogen and oxygen atoms in total. The van der Waals surface area contributed by atoms with E-state index < -0.39 is 0 Å². The lowest BCUT2D eigenvalue weighted by Gasteiger charge is -2.09. The molecule has 0 saturated heterocycles. The molecule has 1 heterocycles. The van der Waals surface area contributed by atoms with Gasteiger partial charge in [-0.05, 0) is 24.5 Å². The van der Waals surface area contributed by atoms with Crippen LogP contribution in [0, 0.1) is 0 Å². The van der Waals surface area contributed by atoms with E-state index >= 15 is 0 Å². The third-order valence-corrected chi connectivity index (χ3v) is 3.10. The fourth-order valence-electron chi connectivity index (χ4n) is 2.42. The minimum Gasteiger partial charge on any atom is -0.508 e. The molecule has 15 heavy (non-hydrogen) atoms. The van der Waals surface area contributed by atoms with E-state index in [4.69, 9.17) is 0 Å². The van der Waals surface area contributed by atoms with Gasteiger partial charge in [-0.2, -0.15) is 0 Å². The van der Waals surface area contributed by atoms with Crippen molar-refractivity contribution in [2.24, 2.45) is 0 Å². The maximum Gasteiger partial charge on any atom is 0.119 e. The van der Waals surface area contributed by atoms with Gasteiger partial charge in [-0.15, -0.1) is 0 Å². The van der Waals surface area contributed by atoms with Gasteiger partial charge < -0.3 is 10.1 Å². The Balaban J connectivity index is 2.12. The van der Waals surface area contributed by atoms with Crippen LogP contribution in [0.25, 0.3) is 0 Å². The summed E-state index contributed by atoms with van der Waals surface area (Å²) in [4.78, 5) is 7.24. The average Bonchev–Trinajstić information content (AvgIpc) is 2.85. The zero-order chi connectivity index (χ0) is 10.3. The lowest BCUT2D eigenvalue weighted by molar-refractivity contribution is 0.466. The van der Waals surface area contributed by atoms with Gasteiger partial charge in [0.2, 0.25) is 0 Å². The summed E-state index contributed by atoms with van der Waals surface area (Å²) in [7, 11) is 0. The van der Waals surface area contributed by atoms with Crippen LogP contribution in [-0.2, 0) is 6.42 Å². The molecule has 76 valence electrons. The van der Waals surface area contributed by atoms with Crippen LogP contribution in [0.2, 0.25) is 0 Å². The van der Waals surface area contributed by atoms with Crippen molar-refractivity contribution in [1.82, 2.24) is 9.97 Å². The number of nitrogens with zero attached hydrogens (tertiary/aromatic N) is 1. The SMILES string of the molecule is Oc1cccc2c1C(c1c[nH]cn1)CC2. The van der Waals surface area contributed by atoms with Crippen LogP contribution < -0.4 is 0 Å². The first kappa shape index (κ1) is 8.53. The molecule has 2 aromatic rings. The molecule has 0 saturated carbocycles. The Bertz CT molecular complexity index is 476. The highest BCUT2D eigenvalue weighted by Gasteiger charge is 2.27. The Morgan fingerprint density at radius 3 is 3.13 bits per heavy atom. The monoisotopic (exact) mass is 200 g/mol. The molecule has 0 bridgehead atoms. The summed E-state index contributed by atoms with van der Waals surface area (Å²) in [5.41, 5.74) is 3.34. The quantitative estimate of drug-likeness (QED) is 0.741. The van der Waals surface area contributed by atoms with Crippen LogP contribution in [0.5, 0.6) is 5.75 Å². The number of phenolic OH excluding ortho intramolecular Hbond substituents is 1. The number of aryl methyl sites for hydroxylation is 1. The number of nitrogens with one attached hydrogen (secondary N) is 1. The molecule has 0 radical (unpaired) electrons. The van der Waals surface area contributed by atoms with Gasteiger partial charge in [-0.1, -0.05) is 12.1 Å². The zero-order valence-electron chi connectivity index (χ0n) is 8.27. The molecule has 1 unspecified atom stereocenters. The number of H-pyrrole nitrogens is 1. The van der Waals surface area contributed by atoms with Crippen molar-refractivity contribution in [2.45, 2.75) is 18.8 Å². The topological polar surface area (TPSA) is 48.9 Å². The molecule has 1 aromatic heterocycles. The molecule has 0 amide bonds. The number of hydrogen-bond donors (Lipinski definition) is 2. The van der Waals surface area contributed by atoms with Gasteiger partial charge in [-0.25, -0.2) is 4.98 Å². The Morgan fingerprint density at radius 1 is 1.40 bits per heavy atom. The van der Waals surface area contributed by atoms with E-state index in [9.17, 15) is 5.11 Å². The van der Waals surface area contributed by atoms with Crippen molar-refractivity contribution in [3.8, 4) is 5.75 Å². The molecule has 0 aliphatic heterocycles. The van der Waals surface area contributed by atoms with Crippen LogP contribution in [0.4, 0.5) is 0 Å². The number of aromatic amines is 1. The van der Waals surface area contributed by atoms with Crippen molar-refractivity contribution in [3.63, 3.8) is 0 Å². The molecule has 2 N–H and O–H groups in total. The Morgan fingerprint density at radius 2 is 2.33 bits per heavy atom. The maximum absolute atomic E-state index is 9.86. The van der Waals surface area contributed by atoms with E-state index in [0.29, 0.717) is 5.75 Å². The van der Waals surface area contributed by atoms with E-state index in [0.717, 1.165) is 24.1 Å². The van der Waals surface area contributed by atoms with E-state index in [1.54, 1.807) is 12.4 Å². The second-order valence-corrected chi connectivity index (χ2v) is 3.94. The largest absolute Gasteiger partial charge is 0.508 e. The Labute approximate surface area is 87.8 Å². The molecule has 0 fully saturated rings. The average molecular weight is 200 g/mol. The van der Waals surface area contributed by atoms with Crippen molar-refractivity contribution >= 4 is 0 Å². The van der Waals surface area contributed by atoms with E-state index in [2.05, 4.69) is 16.0 Å². The normalized spacial score (nSPS) is 19.1. The number of benzene rings is 1. The molecule has 1 atom stereocenters. The van der Waals surface area contributed by atoms with Crippen LogP contribution >= 0.6 is 0 Å². The predicted octanol–water partition coefficient (Wildman–Crippen LogP) is 2.19. The van der Waals surface area contributed by atoms with Crippen molar-refractivity contribution in [3.05, 3.63) is 47.5 Å². The number of aromatic hydroxyl groups is 1. The summed E-state index contributed by atoms with van der Waals surface area (Å²) in [5.74, 6) is 0.658. The fraction of sp³-hybridized carbons (Fsp3) is 0.250. The van der Waals surface area contributed by atoms with Crippen LogP contribution in [0.1, 0.15) is 29.2 Å². The highest BCUT2D eigenvalue weighted by molar-refractivity contribution is 5.48. The van der Waals surface area contributed by atoms with Gasteiger partial charge in [0.25, 0.3) is 0 Å². The van der Waals surface area contributed by atoms with E-state index in [1.807, 2.05) is 12.3 Å². The summed E-state index contributed by atoms with van der Waals surface area (Å²) < 4.78 is 0. The summed E-state index contributed by atoms with van der Waals surface area (Å²) in [6.07, 6.45) is 5.67. The molecular formula is C12H12N2O. The molecule has 3 rings (SSSR count). The Hall–Kier alpha value is -1.77. The predicted molar refractivity (Wildman–Crippen MR) is 56.9 cm³/mol. The number of rotatable bonds is 1. The summed E-state index contributed by atoms with van der Waals surface area (Å²) in [6.45, 7) is 0. The first-order valence-corrected chi connectivity index (χ1v) is 5.15. The van der Waals surface area contributed by atoms with Gasteiger partial charge in [0.1, 0.15) is 5.75 Å². The van der Waals surface area contributed by atoms with E-state index in [-0.39, 0.29) is 5.92 Å². The van der Waals surface area contributed by atoms with Gasteiger partial charge in [0.15, 0.2) is 0 Å². The molecule has 1 aliphatic carbocycles. The summed E-state index contributed by atoms with van der Waals surface area (Å²) >= 11 is 0. The lowest BCUT2D eigenvalue weighted by Crippen LogP contribution is -1.96. The highest BCUT2D eigenvalue weighted by Crippen LogP contribution is 2.41. The van der Waals surface area contributed by atoms with Gasteiger partial charge in [-0.3, -0.25) is 0 Å². The number of imidazole rings is 1. The second-order valence-electron chi connectivity index (χ2n) is 3.94. The molecule has 0 spiro atoms. The number of phenols is 1. The smallest absolute Gasteiger partial charge is 0.119 e. The minimum absolute atomic E-state index is 0.257. The standard InChI is InChI=1S/C12H12N2O/c15-11-3-1-2-8-4-5-9(12(8)11)10-6-13-7-14-10/h1-3,6-7,9,15H,4-5H2,(H,13,14). The first-order valence-electron chi connectivity index (χ1n) is 5.15. The van der Waals surface area contributed by atoms with Crippen LogP contribution in [0.3, 0.4) is 0 Å². The highest BCUT2D eigenvalue weighted by atomic mass is 16.3. The Kier molecular flexibility index (Phi) is 1.78. The van der Waals surface area contributed by atoms with Gasteiger partial charge >= 0.3 is 0 Å². The third-order valence-electron chi connectivity index (χ3n) is 3.10. The lowest BCUT2D eigenvalue weighted by atomic mass is 9.97. The number of aromatic nitrogens is 2.